The second-order valence-corrected chi connectivity index (χ2v) is 11.7. The van der Waals surface area contributed by atoms with Crippen LogP contribution in [0.25, 0.3) is 6.08 Å². The first-order valence-electron chi connectivity index (χ1n) is 14.1. The van der Waals surface area contributed by atoms with E-state index in [2.05, 4.69) is 0 Å². The molecule has 1 spiro atoms. The van der Waals surface area contributed by atoms with Crippen molar-refractivity contribution in [3.05, 3.63) is 129 Å². The lowest BCUT2D eigenvalue weighted by molar-refractivity contribution is 0.0664. The van der Waals surface area contributed by atoms with Crippen LogP contribution in [0.1, 0.15) is 53.7 Å². The molecule has 2 heterocycles. The van der Waals surface area contributed by atoms with Gasteiger partial charge in [0.25, 0.3) is 0 Å². The second kappa shape index (κ2) is 9.96. The number of ketones is 3. The number of carbonyl (C=O) groups excluding carboxylic acids is 3. The molecule has 0 saturated carbocycles. The van der Waals surface area contributed by atoms with E-state index < -0.39 is 23.4 Å². The molecule has 0 unspecified atom stereocenters. The van der Waals surface area contributed by atoms with Crippen molar-refractivity contribution in [1.29, 1.82) is 0 Å². The molecule has 4 aromatic rings. The number of carbonyl (C=O) groups is 3. The van der Waals surface area contributed by atoms with Crippen LogP contribution in [-0.4, -0.2) is 43.7 Å². The number of fused-ring (bicyclic) bond motifs is 5. The molecule has 0 amide bonds. The van der Waals surface area contributed by atoms with Gasteiger partial charge in [-0.1, -0.05) is 71.8 Å². The third kappa shape index (κ3) is 3.69. The minimum Gasteiger partial charge on any atom is -0.493 e. The summed E-state index contributed by atoms with van der Waals surface area (Å²) in [5, 5.41) is 0.502. The Morgan fingerprint density at radius 2 is 1.56 bits per heavy atom. The van der Waals surface area contributed by atoms with Crippen LogP contribution < -0.4 is 14.4 Å². The molecule has 7 heteroatoms. The van der Waals surface area contributed by atoms with Crippen LogP contribution in [0.5, 0.6) is 11.5 Å². The summed E-state index contributed by atoms with van der Waals surface area (Å²) in [7, 11) is 3.06. The third-order valence-corrected chi connectivity index (χ3v) is 9.38. The number of nitrogens with zero attached hydrogens (tertiary/aromatic N) is 1. The molecule has 1 saturated heterocycles. The number of methoxy groups -OCH3 is 2. The zero-order valence-corrected chi connectivity index (χ0v) is 24.6. The zero-order valence-electron chi connectivity index (χ0n) is 23.8. The fraction of sp³-hybridized carbons (Fsp3) is 0.194. The fourth-order valence-corrected chi connectivity index (χ4v) is 7.51. The largest absolute Gasteiger partial charge is 0.493 e. The predicted molar refractivity (Wildman–Crippen MR) is 166 cm³/mol. The topological polar surface area (TPSA) is 72.9 Å². The molecule has 0 radical (unpaired) electrons. The van der Waals surface area contributed by atoms with Crippen LogP contribution in [0.2, 0.25) is 5.02 Å². The summed E-state index contributed by atoms with van der Waals surface area (Å²) in [6.45, 7) is 2.01. The summed E-state index contributed by atoms with van der Waals surface area (Å²) in [6, 6.07) is 23.4. The Kier molecular flexibility index (Phi) is 6.29. The molecule has 4 aromatic carbocycles. The highest BCUT2D eigenvalue weighted by Gasteiger charge is 2.72. The summed E-state index contributed by atoms with van der Waals surface area (Å²) < 4.78 is 11.6. The minimum atomic E-state index is -1.64. The molecule has 0 N–H and O–H groups in total. The first kappa shape index (κ1) is 27.2. The van der Waals surface area contributed by atoms with Crippen LogP contribution in [0, 0.1) is 12.3 Å². The maximum Gasteiger partial charge on any atom is 0.185 e. The Balaban J connectivity index is 1.58. The standard InChI is InChI=1S/C36H28ClNO5/c1-20-11-17-27-22(19-20)14-18-29-36(34(40)24-7-4-5-8-25(24)35(36)41)30(26-9-6-10-28(42-2)33(26)43-3)31(38(27)29)32(39)21-12-15-23(37)16-13-21/h4-19,29-31H,1-3H3/t29-,30-,31+/m1/s1. The Bertz CT molecular complexity index is 1830. The van der Waals surface area contributed by atoms with E-state index in [1.54, 1.807) is 60.7 Å². The van der Waals surface area contributed by atoms with E-state index in [1.165, 1.54) is 14.2 Å². The summed E-state index contributed by atoms with van der Waals surface area (Å²) in [6.07, 6.45) is 3.88. The van der Waals surface area contributed by atoms with E-state index in [0.29, 0.717) is 38.8 Å². The SMILES string of the molecule is COc1cccc([C@@H]2[C@@H](C(=O)c3ccc(Cl)cc3)N3c4ccc(C)cc4C=C[C@@H]3C23C(=O)c2ccccc2C3=O)c1OC. The van der Waals surface area contributed by atoms with Gasteiger partial charge in [0.1, 0.15) is 11.5 Å². The van der Waals surface area contributed by atoms with E-state index in [-0.39, 0.29) is 17.3 Å². The van der Waals surface area contributed by atoms with Crippen LogP contribution in [0.3, 0.4) is 0 Å². The number of hydrogen-bond donors (Lipinski definition) is 0. The Hall–Kier alpha value is -4.68. The molecule has 1 aliphatic carbocycles. The summed E-state index contributed by atoms with van der Waals surface area (Å²) >= 11 is 6.20. The Labute approximate surface area is 254 Å². The number of anilines is 1. The average Bonchev–Trinajstić information content (AvgIpc) is 3.46. The van der Waals surface area contributed by atoms with Crippen molar-refractivity contribution in [2.24, 2.45) is 5.41 Å². The van der Waals surface area contributed by atoms with E-state index in [9.17, 15) is 14.4 Å². The van der Waals surface area contributed by atoms with Gasteiger partial charge in [-0.05, 0) is 55.0 Å². The number of aryl methyl sites for hydroxylation is 1. The highest BCUT2D eigenvalue weighted by Crippen LogP contribution is 2.62. The number of ether oxygens (including phenoxy) is 2. The zero-order chi connectivity index (χ0) is 30.0. The Morgan fingerprint density at radius 1 is 0.860 bits per heavy atom. The quantitative estimate of drug-likeness (QED) is 0.185. The van der Waals surface area contributed by atoms with Gasteiger partial charge in [-0.2, -0.15) is 0 Å². The van der Waals surface area contributed by atoms with E-state index in [1.807, 2.05) is 48.2 Å². The highest BCUT2D eigenvalue weighted by molar-refractivity contribution is 6.32. The number of rotatable bonds is 5. The second-order valence-electron chi connectivity index (χ2n) is 11.2. The summed E-state index contributed by atoms with van der Waals surface area (Å²) in [5.74, 6) is -0.927. The summed E-state index contributed by atoms with van der Waals surface area (Å²) in [5.41, 5.74) is 2.82. The Morgan fingerprint density at radius 3 is 2.21 bits per heavy atom. The lowest BCUT2D eigenvalue weighted by atomic mass is 9.64. The molecular weight excluding hydrogens is 562 g/mol. The van der Waals surface area contributed by atoms with Crippen LogP contribution in [-0.2, 0) is 0 Å². The van der Waals surface area contributed by atoms with Crippen molar-refractivity contribution in [2.75, 3.05) is 19.1 Å². The van der Waals surface area contributed by atoms with Crippen LogP contribution in [0.15, 0.2) is 91.0 Å². The highest BCUT2D eigenvalue weighted by atomic mass is 35.5. The van der Waals surface area contributed by atoms with Crippen molar-refractivity contribution in [3.63, 3.8) is 0 Å². The molecule has 1 fully saturated rings. The van der Waals surface area contributed by atoms with Gasteiger partial charge in [0.2, 0.25) is 0 Å². The maximum atomic E-state index is 14.9. The third-order valence-electron chi connectivity index (χ3n) is 9.13. The normalized spacial score (nSPS) is 21.0. The van der Waals surface area contributed by atoms with Crippen molar-refractivity contribution in [3.8, 4) is 11.5 Å². The molecule has 3 atom stereocenters. The van der Waals surface area contributed by atoms with Gasteiger partial charge in [0.15, 0.2) is 28.8 Å². The van der Waals surface area contributed by atoms with Gasteiger partial charge >= 0.3 is 0 Å². The molecule has 43 heavy (non-hydrogen) atoms. The monoisotopic (exact) mass is 589 g/mol. The van der Waals surface area contributed by atoms with Gasteiger partial charge in [-0.15, -0.1) is 0 Å². The molecular formula is C36H28ClNO5. The lowest BCUT2D eigenvalue weighted by Crippen LogP contribution is -2.48. The molecule has 214 valence electrons. The van der Waals surface area contributed by atoms with Gasteiger partial charge in [0.05, 0.1) is 20.3 Å². The number of para-hydroxylation sites is 1. The number of benzene rings is 4. The van der Waals surface area contributed by atoms with E-state index in [0.717, 1.165) is 16.8 Å². The first-order chi connectivity index (χ1) is 20.8. The van der Waals surface area contributed by atoms with Gasteiger partial charge in [-0.25, -0.2) is 0 Å². The molecule has 2 aliphatic heterocycles. The van der Waals surface area contributed by atoms with Crippen LogP contribution >= 0.6 is 11.6 Å². The van der Waals surface area contributed by atoms with Crippen molar-refractivity contribution in [1.82, 2.24) is 0 Å². The molecule has 3 aliphatic rings. The lowest BCUT2D eigenvalue weighted by Gasteiger charge is -2.37. The number of hydrogen-bond acceptors (Lipinski definition) is 6. The smallest absolute Gasteiger partial charge is 0.185 e. The van der Waals surface area contributed by atoms with Crippen molar-refractivity contribution < 1.29 is 23.9 Å². The predicted octanol–water partition coefficient (Wildman–Crippen LogP) is 6.98. The average molecular weight is 590 g/mol. The molecule has 0 aromatic heterocycles. The molecule has 6 nitrogen and oxygen atoms in total. The number of Topliss-reactive ketones (excluding diaryl/α,β-unsaturated/α-hetero) is 3. The first-order valence-corrected chi connectivity index (χ1v) is 14.5. The van der Waals surface area contributed by atoms with E-state index in [4.69, 9.17) is 21.1 Å². The van der Waals surface area contributed by atoms with Gasteiger partial charge < -0.3 is 14.4 Å². The van der Waals surface area contributed by atoms with Gasteiger partial charge in [-0.3, -0.25) is 14.4 Å². The molecule has 0 bridgehead atoms. The van der Waals surface area contributed by atoms with Crippen molar-refractivity contribution in [2.45, 2.75) is 24.9 Å². The van der Waals surface area contributed by atoms with Gasteiger partial charge in [0, 0.05) is 38.9 Å². The fourth-order valence-electron chi connectivity index (χ4n) is 7.38. The van der Waals surface area contributed by atoms with Crippen LogP contribution in [0.4, 0.5) is 5.69 Å². The summed E-state index contributed by atoms with van der Waals surface area (Å²) in [4.78, 5) is 46.5. The minimum absolute atomic E-state index is 0.230. The van der Waals surface area contributed by atoms with E-state index >= 15 is 0 Å². The number of halogens is 1. The molecule has 7 rings (SSSR count). The van der Waals surface area contributed by atoms with Crippen molar-refractivity contribution >= 4 is 40.7 Å². The maximum absolute atomic E-state index is 14.9.